The van der Waals surface area contributed by atoms with Crippen LogP contribution < -0.4 is 0 Å². The van der Waals surface area contributed by atoms with Crippen LogP contribution in [0.2, 0.25) is 0 Å². The predicted octanol–water partition coefficient (Wildman–Crippen LogP) is 1.07. The molecule has 0 aromatic rings. The molecular formula is CH6I2O6P2. The van der Waals surface area contributed by atoms with Gasteiger partial charge in [0.15, 0.2) is 0 Å². The maximum absolute atomic E-state index is 10.2. The molecule has 0 aliphatic rings. The van der Waals surface area contributed by atoms with E-state index in [2.05, 4.69) is 0 Å². The molecule has 0 aromatic carbocycles. The molecule has 0 heterocycles. The second kappa shape index (κ2) is 4.85. The van der Waals surface area contributed by atoms with Crippen molar-refractivity contribution in [1.29, 1.82) is 0 Å². The molecule has 0 saturated heterocycles. The zero-order chi connectivity index (χ0) is 9.12. The lowest BCUT2D eigenvalue weighted by molar-refractivity contribution is 0.399. The smallest absolute Gasteiger partial charge is 0.318 e. The van der Waals surface area contributed by atoms with Crippen LogP contribution in [0.4, 0.5) is 0 Å². The second-order valence-electron chi connectivity index (χ2n) is 1.29. The Morgan fingerprint density at radius 3 is 1.36 bits per heavy atom. The molecule has 70 valence electrons. The van der Waals surface area contributed by atoms with Crippen molar-refractivity contribution >= 4 is 51.8 Å². The highest BCUT2D eigenvalue weighted by molar-refractivity contribution is 14.3. The van der Waals surface area contributed by atoms with E-state index in [0.29, 0.717) is 0 Å². The summed E-state index contributed by atoms with van der Waals surface area (Å²) in [6.07, 6.45) is 0. The molecule has 0 aliphatic carbocycles. The summed E-state index contributed by atoms with van der Waals surface area (Å²) in [5.74, 6) is 0. The lowest BCUT2D eigenvalue weighted by atomic mass is 12.0. The van der Waals surface area contributed by atoms with Gasteiger partial charge >= 0.3 is 10.5 Å². The lowest BCUT2D eigenvalue weighted by Crippen LogP contribution is -1.69. The lowest BCUT2D eigenvalue weighted by Gasteiger charge is -2.02. The SMILES string of the molecule is O=P(O)(O)[I]C[I]P(=O)(O)O. The van der Waals surface area contributed by atoms with Crippen molar-refractivity contribution < 1.29 is 28.7 Å². The largest absolute Gasteiger partial charge is 0.374 e. The van der Waals surface area contributed by atoms with Gasteiger partial charge in [0.1, 0.15) is 0 Å². The van der Waals surface area contributed by atoms with Crippen LogP contribution in [0.1, 0.15) is 0 Å². The Labute approximate surface area is 82.3 Å². The van der Waals surface area contributed by atoms with E-state index in [9.17, 15) is 9.13 Å². The van der Waals surface area contributed by atoms with Crippen LogP contribution in [0.5, 0.6) is 0 Å². The monoisotopic (exact) mass is 430 g/mol. The van der Waals surface area contributed by atoms with Gasteiger partial charge in [0.25, 0.3) is 0 Å². The van der Waals surface area contributed by atoms with E-state index in [1.165, 1.54) is 0 Å². The normalized spacial score (nSPS) is 13.5. The Hall–Kier alpha value is 1.76. The molecule has 0 aliphatic heterocycles. The van der Waals surface area contributed by atoms with E-state index in [1.54, 1.807) is 0 Å². The first-order valence-electron chi connectivity index (χ1n) is 2.04. The number of alkyl halides is 2. The fourth-order valence-electron chi connectivity index (χ4n) is 0.138. The van der Waals surface area contributed by atoms with Crippen LogP contribution in [0, 0.1) is 0 Å². The summed E-state index contributed by atoms with van der Waals surface area (Å²) in [5, 5.41) is -7.92. The van der Waals surface area contributed by atoms with Gasteiger partial charge in [0, 0.05) is 0 Å². The molecule has 0 aromatic heterocycles. The average molecular weight is 430 g/mol. The van der Waals surface area contributed by atoms with Gasteiger partial charge in [-0.3, -0.25) is 0 Å². The molecule has 4 N–H and O–H groups in total. The first kappa shape index (κ1) is 12.8. The minimum atomic E-state index is -3.96. The highest BCUT2D eigenvalue weighted by Crippen LogP contribution is 2.66. The number of halogens is 2. The van der Waals surface area contributed by atoms with Gasteiger partial charge in [-0.2, -0.15) is 0 Å². The first-order valence-corrected chi connectivity index (χ1v) is 13.9. The van der Waals surface area contributed by atoms with Gasteiger partial charge in [0.2, 0.25) is 0 Å². The minimum Gasteiger partial charge on any atom is -0.318 e. The Kier molecular flexibility index (Phi) is 5.62. The number of hydrogen-bond donors (Lipinski definition) is 4. The summed E-state index contributed by atoms with van der Waals surface area (Å²) < 4.78 is 20.5. The van der Waals surface area contributed by atoms with Gasteiger partial charge in [-0.05, 0) is 41.3 Å². The van der Waals surface area contributed by atoms with Crippen molar-refractivity contribution in [1.82, 2.24) is 0 Å². The average Bonchev–Trinajstić information content (AvgIpc) is 1.55. The summed E-state index contributed by atoms with van der Waals surface area (Å²) in [5.41, 5.74) is 0. The van der Waals surface area contributed by atoms with Gasteiger partial charge in [-0.15, -0.1) is 0 Å². The van der Waals surface area contributed by atoms with Crippen molar-refractivity contribution in [2.24, 2.45) is 0 Å². The third kappa shape index (κ3) is 11.8. The molecule has 2 radical (unpaired) electrons. The molecule has 0 saturated carbocycles. The minimum absolute atomic E-state index is 0.0618. The Morgan fingerprint density at radius 1 is 0.909 bits per heavy atom. The van der Waals surface area contributed by atoms with E-state index in [1.807, 2.05) is 0 Å². The molecule has 11 heavy (non-hydrogen) atoms. The van der Waals surface area contributed by atoms with Crippen molar-refractivity contribution in [3.63, 3.8) is 0 Å². The zero-order valence-corrected chi connectivity index (χ0v) is 11.1. The van der Waals surface area contributed by atoms with Gasteiger partial charge in [-0.1, -0.05) is 0 Å². The van der Waals surface area contributed by atoms with Crippen LogP contribution in [0.3, 0.4) is 0 Å². The van der Waals surface area contributed by atoms with Gasteiger partial charge in [-0.25, -0.2) is 9.13 Å². The number of hydrogen-bond acceptors (Lipinski definition) is 2. The first-order chi connectivity index (χ1) is 4.71. The Balaban J connectivity index is 3.61. The van der Waals surface area contributed by atoms with Crippen LogP contribution in [-0.2, 0) is 9.13 Å². The summed E-state index contributed by atoms with van der Waals surface area (Å²) in [6.45, 7) is 0. The standard InChI is InChI=1S/CH6I2O6P2/c4-10(5,6)2-1-3-11(7,8)9/h1H2,(H2,4,5,6)(H2,7,8,9). The molecule has 0 bridgehead atoms. The van der Waals surface area contributed by atoms with Crippen LogP contribution in [0.25, 0.3) is 0 Å². The number of rotatable bonds is 4. The fourth-order valence-corrected chi connectivity index (χ4v) is 24.1. The molecule has 10 heteroatoms. The molecular weight excluding hydrogens is 424 g/mol. The van der Waals surface area contributed by atoms with Crippen molar-refractivity contribution in [2.45, 2.75) is 0 Å². The summed E-state index contributed by atoms with van der Waals surface area (Å²) in [6, 6.07) is 0. The third-order valence-corrected chi connectivity index (χ3v) is 18.5. The van der Waals surface area contributed by atoms with Gasteiger partial charge < -0.3 is 19.6 Å². The molecule has 6 nitrogen and oxygen atoms in total. The molecule has 0 spiro atoms. The van der Waals surface area contributed by atoms with Crippen LogP contribution in [-0.4, -0.2) is 22.0 Å². The van der Waals surface area contributed by atoms with Gasteiger partial charge in [0.05, 0.1) is 2.43 Å². The van der Waals surface area contributed by atoms with Crippen molar-refractivity contribution in [3.05, 3.63) is 0 Å². The van der Waals surface area contributed by atoms with Crippen molar-refractivity contribution in [3.8, 4) is 0 Å². The van der Waals surface area contributed by atoms with E-state index in [0.717, 1.165) is 0 Å². The molecule has 0 amide bonds. The molecule has 0 rings (SSSR count). The third-order valence-electron chi connectivity index (χ3n) is 0.402. The highest BCUT2D eigenvalue weighted by Gasteiger charge is 2.19. The second-order valence-corrected chi connectivity index (χ2v) is 19.7. The zero-order valence-electron chi connectivity index (χ0n) is 4.96. The summed E-state index contributed by atoms with van der Waals surface area (Å²) in [7, 11) is 0. The molecule has 0 unspecified atom stereocenters. The highest BCUT2D eigenvalue weighted by atomic mass is 127. The maximum Gasteiger partial charge on any atom is 0.374 e. The Bertz CT molecular complexity index is 181. The Morgan fingerprint density at radius 2 is 1.18 bits per heavy atom. The fraction of sp³-hybridized carbons (Fsp3) is 1.00. The van der Waals surface area contributed by atoms with E-state index >= 15 is 0 Å². The molecule has 0 atom stereocenters. The van der Waals surface area contributed by atoms with E-state index in [-0.39, 0.29) is 2.43 Å². The van der Waals surface area contributed by atoms with Crippen LogP contribution >= 0.6 is 51.8 Å². The van der Waals surface area contributed by atoms with E-state index in [4.69, 9.17) is 19.6 Å². The maximum atomic E-state index is 10.2. The van der Waals surface area contributed by atoms with Crippen molar-refractivity contribution in [2.75, 3.05) is 2.43 Å². The summed E-state index contributed by atoms with van der Waals surface area (Å²) >= 11 is -2.72. The predicted molar refractivity (Wildman–Crippen MR) is 57.0 cm³/mol. The molecule has 0 fully saturated rings. The van der Waals surface area contributed by atoms with E-state index < -0.39 is 51.8 Å². The topological polar surface area (TPSA) is 115 Å². The van der Waals surface area contributed by atoms with Crippen LogP contribution in [0.15, 0.2) is 0 Å². The quantitative estimate of drug-likeness (QED) is 0.302. The summed E-state index contributed by atoms with van der Waals surface area (Å²) in [4.78, 5) is 33.4.